The van der Waals surface area contributed by atoms with E-state index in [9.17, 15) is 9.59 Å². The summed E-state index contributed by atoms with van der Waals surface area (Å²) in [5.41, 5.74) is 4.54. The molecular formula is C52H44Cl2N8O4. The quantitative estimate of drug-likeness (QED) is 0.148. The highest BCUT2D eigenvalue weighted by Crippen LogP contribution is 2.42. The molecule has 66 heavy (non-hydrogen) atoms. The maximum Gasteiger partial charge on any atom is 0.323 e. The molecule has 0 aliphatic carbocycles. The summed E-state index contributed by atoms with van der Waals surface area (Å²) < 4.78 is 3.27. The molecule has 2 aromatic heterocycles. The van der Waals surface area contributed by atoms with Crippen LogP contribution in [0.5, 0.6) is 0 Å². The third-order valence-corrected chi connectivity index (χ3v) is 13.4. The minimum atomic E-state index is -0.595. The average Bonchev–Trinajstić information content (AvgIpc) is 3.95. The first-order valence-corrected chi connectivity index (χ1v) is 22.7. The molecule has 14 heteroatoms. The number of carbonyl (C=O) groups is 2. The molecule has 4 unspecified atom stereocenters. The summed E-state index contributed by atoms with van der Waals surface area (Å²) in [5.74, 6) is 0.953. The lowest BCUT2D eigenvalue weighted by molar-refractivity contribution is 0.158. The van der Waals surface area contributed by atoms with Crippen LogP contribution in [0.2, 0.25) is 10.0 Å². The molecule has 0 fully saturated rings. The molecule has 4 amide bonds. The van der Waals surface area contributed by atoms with E-state index < -0.39 is 36.2 Å². The van der Waals surface area contributed by atoms with Gasteiger partial charge < -0.3 is 20.4 Å². The number of rotatable bonds is 9. The van der Waals surface area contributed by atoms with E-state index in [-0.39, 0.29) is 11.1 Å². The number of aromatic nitrogens is 4. The molecule has 0 saturated heterocycles. The maximum absolute atomic E-state index is 15.4. The first-order chi connectivity index (χ1) is 32.0. The molecule has 6 aromatic carbocycles. The monoisotopic (exact) mass is 914 g/mol. The van der Waals surface area contributed by atoms with Crippen molar-refractivity contribution in [2.75, 3.05) is 10.6 Å². The number of para-hydroxylation sites is 1. The van der Waals surface area contributed by atoms with E-state index in [0.717, 1.165) is 16.7 Å². The highest BCUT2D eigenvalue weighted by atomic mass is 35.5. The van der Waals surface area contributed by atoms with Gasteiger partial charge in [-0.25, -0.2) is 19.6 Å². The SMILES string of the molecule is CC(c1ccccc1)N(C(=O)Nc1cccc(-c2ccccc2)c1NC(=O)N(C(C)c1ccccc1)C1CCn2c1nc1ccc(Cl)cc1c2=O)C1CCn2c1nc1ccc(Cl)cc1c2=O. The van der Waals surface area contributed by atoms with E-state index in [1.54, 1.807) is 61.4 Å². The Morgan fingerprint density at radius 3 is 1.53 bits per heavy atom. The second-order valence-electron chi connectivity index (χ2n) is 16.7. The molecule has 2 aliphatic rings. The van der Waals surface area contributed by atoms with E-state index in [0.29, 0.717) is 86.4 Å². The molecule has 2 N–H and O–H groups in total. The summed E-state index contributed by atoms with van der Waals surface area (Å²) >= 11 is 12.6. The van der Waals surface area contributed by atoms with Gasteiger partial charge in [0.1, 0.15) is 11.6 Å². The number of urea groups is 2. The fourth-order valence-electron chi connectivity index (χ4n) is 9.61. The first kappa shape index (κ1) is 42.7. The Labute approximate surface area is 390 Å². The number of carbonyl (C=O) groups excluding carboxylic acids is 2. The topological polar surface area (TPSA) is 134 Å². The molecule has 4 atom stereocenters. The van der Waals surface area contributed by atoms with Crippen LogP contribution < -0.4 is 21.8 Å². The van der Waals surface area contributed by atoms with Gasteiger partial charge in [-0.05, 0) is 85.8 Å². The number of hydrogen-bond donors (Lipinski definition) is 2. The second-order valence-corrected chi connectivity index (χ2v) is 17.6. The van der Waals surface area contributed by atoms with Crippen molar-refractivity contribution in [3.63, 3.8) is 0 Å². The lowest BCUT2D eigenvalue weighted by atomic mass is 10.0. The van der Waals surface area contributed by atoms with E-state index >= 15 is 9.59 Å². The van der Waals surface area contributed by atoms with E-state index in [4.69, 9.17) is 33.2 Å². The Balaban J connectivity index is 1.07. The van der Waals surface area contributed by atoms with Crippen molar-refractivity contribution >= 4 is 68.4 Å². The summed E-state index contributed by atoms with van der Waals surface area (Å²) in [6.45, 7) is 4.63. The van der Waals surface area contributed by atoms with Gasteiger partial charge in [0.15, 0.2) is 0 Å². The average molecular weight is 916 g/mol. The normalized spacial score (nSPS) is 16.1. The van der Waals surface area contributed by atoms with Crippen molar-refractivity contribution in [3.8, 4) is 11.1 Å². The Bertz CT molecular complexity index is 3290. The first-order valence-electron chi connectivity index (χ1n) is 21.9. The van der Waals surface area contributed by atoms with E-state index in [1.165, 1.54) is 0 Å². The lowest BCUT2D eigenvalue weighted by Crippen LogP contribution is -2.41. The minimum Gasteiger partial charge on any atom is -0.308 e. The Morgan fingerprint density at radius 2 is 1.05 bits per heavy atom. The minimum absolute atomic E-state index is 0.217. The van der Waals surface area contributed by atoms with Crippen LogP contribution in [-0.4, -0.2) is 41.0 Å². The zero-order chi connectivity index (χ0) is 45.6. The van der Waals surface area contributed by atoms with Crippen molar-refractivity contribution in [1.29, 1.82) is 0 Å². The van der Waals surface area contributed by atoms with Gasteiger partial charge >= 0.3 is 12.1 Å². The summed E-state index contributed by atoms with van der Waals surface area (Å²) in [7, 11) is 0. The number of nitrogens with zero attached hydrogens (tertiary/aromatic N) is 6. The Hall–Kier alpha value is -7.28. The summed E-state index contributed by atoms with van der Waals surface area (Å²) in [4.78, 5) is 71.8. The number of halogens is 2. The molecule has 10 rings (SSSR count). The summed E-state index contributed by atoms with van der Waals surface area (Å²) in [6.07, 6.45) is 0.884. The fourth-order valence-corrected chi connectivity index (χ4v) is 9.95. The fraction of sp³-hybridized carbons (Fsp3) is 0.192. The van der Waals surface area contributed by atoms with Crippen LogP contribution in [0.3, 0.4) is 0 Å². The lowest BCUT2D eigenvalue weighted by Gasteiger charge is -2.36. The Morgan fingerprint density at radius 1 is 0.591 bits per heavy atom. The van der Waals surface area contributed by atoms with Gasteiger partial charge in [-0.1, -0.05) is 126 Å². The van der Waals surface area contributed by atoms with Crippen LogP contribution in [0.15, 0.2) is 155 Å². The maximum atomic E-state index is 15.4. The van der Waals surface area contributed by atoms with Crippen molar-refractivity contribution in [1.82, 2.24) is 28.9 Å². The molecule has 8 aromatic rings. The van der Waals surface area contributed by atoms with Crippen LogP contribution in [0, 0.1) is 0 Å². The molecule has 330 valence electrons. The number of nitrogens with one attached hydrogen (secondary N) is 2. The molecule has 0 radical (unpaired) electrons. The van der Waals surface area contributed by atoms with Gasteiger partial charge in [0, 0.05) is 28.7 Å². The second kappa shape index (κ2) is 17.6. The van der Waals surface area contributed by atoms with E-state index in [1.807, 2.05) is 117 Å². The zero-order valence-electron chi connectivity index (χ0n) is 36.1. The molecule has 0 spiro atoms. The number of anilines is 2. The van der Waals surface area contributed by atoms with Crippen molar-refractivity contribution < 1.29 is 9.59 Å². The van der Waals surface area contributed by atoms with Gasteiger partial charge in [0.05, 0.1) is 57.3 Å². The number of amides is 4. The molecular weight excluding hydrogens is 872 g/mol. The number of hydrogen-bond acceptors (Lipinski definition) is 6. The highest BCUT2D eigenvalue weighted by molar-refractivity contribution is 6.31. The molecule has 12 nitrogen and oxygen atoms in total. The van der Waals surface area contributed by atoms with Crippen molar-refractivity contribution in [2.45, 2.75) is 63.9 Å². The van der Waals surface area contributed by atoms with Crippen LogP contribution >= 0.6 is 23.2 Å². The third-order valence-electron chi connectivity index (χ3n) is 12.9. The van der Waals surface area contributed by atoms with Crippen LogP contribution in [0.4, 0.5) is 21.0 Å². The van der Waals surface area contributed by atoms with Crippen LogP contribution in [0.1, 0.15) is 73.6 Å². The van der Waals surface area contributed by atoms with E-state index in [2.05, 4.69) is 10.6 Å². The zero-order valence-corrected chi connectivity index (χ0v) is 37.6. The third kappa shape index (κ3) is 7.75. The van der Waals surface area contributed by atoms with Gasteiger partial charge in [-0.2, -0.15) is 0 Å². The standard InChI is InChI=1S/C52H44Cl2N8O4/c1-31(33-13-6-3-7-14-33)61(44-25-27-59-47(44)55-41-23-21-36(53)29-39(41)49(59)63)51(65)57-43-20-12-19-38(35-17-10-5-11-18-35)46(43)58-52(66)62(32(2)34-15-8-4-9-16-34)45-26-28-60-48(45)56-42-24-22-37(54)30-40(42)50(60)64/h3-24,29-32,44-45H,25-28H2,1-2H3,(H,57,65)(H,58,66). The van der Waals surface area contributed by atoms with Crippen LogP contribution in [-0.2, 0) is 13.1 Å². The summed E-state index contributed by atoms with van der Waals surface area (Å²) in [6, 6.07) is 41.7. The highest BCUT2D eigenvalue weighted by Gasteiger charge is 2.40. The summed E-state index contributed by atoms with van der Waals surface area (Å²) in [5, 5.41) is 8.18. The van der Waals surface area contributed by atoms with Gasteiger partial charge in [-0.15, -0.1) is 0 Å². The van der Waals surface area contributed by atoms with Crippen LogP contribution in [0.25, 0.3) is 32.9 Å². The molecule has 4 heterocycles. The van der Waals surface area contributed by atoms with Crippen molar-refractivity contribution in [2.24, 2.45) is 0 Å². The smallest absolute Gasteiger partial charge is 0.308 e. The molecule has 0 saturated carbocycles. The van der Waals surface area contributed by atoms with Gasteiger partial charge in [0.2, 0.25) is 0 Å². The van der Waals surface area contributed by atoms with Crippen molar-refractivity contribution in [3.05, 3.63) is 199 Å². The number of fused-ring (bicyclic) bond motifs is 4. The Kier molecular flexibility index (Phi) is 11.4. The largest absolute Gasteiger partial charge is 0.323 e. The van der Waals surface area contributed by atoms with Gasteiger partial charge in [-0.3, -0.25) is 18.7 Å². The predicted molar refractivity (Wildman–Crippen MR) is 260 cm³/mol. The molecule has 0 bridgehead atoms. The predicted octanol–water partition coefficient (Wildman–Crippen LogP) is 11.6. The molecule has 2 aliphatic heterocycles. The van der Waals surface area contributed by atoms with Gasteiger partial charge in [0.25, 0.3) is 11.1 Å². The number of benzene rings is 6.